The monoisotopic (exact) mass is 282 g/mol. The highest BCUT2D eigenvalue weighted by Crippen LogP contribution is 2.23. The summed E-state index contributed by atoms with van der Waals surface area (Å²) in [5.41, 5.74) is 4.03. The zero-order chi connectivity index (χ0) is 14.5. The second-order valence-electron chi connectivity index (χ2n) is 5.46. The van der Waals surface area contributed by atoms with Crippen molar-refractivity contribution in [2.45, 2.75) is 13.5 Å². The minimum Gasteiger partial charge on any atom is -0.492 e. The summed E-state index contributed by atoms with van der Waals surface area (Å²) < 4.78 is 5.83. The van der Waals surface area contributed by atoms with Crippen molar-refractivity contribution < 1.29 is 4.74 Å². The summed E-state index contributed by atoms with van der Waals surface area (Å²) in [6.45, 7) is 6.75. The quantitative estimate of drug-likeness (QED) is 0.933. The van der Waals surface area contributed by atoms with Crippen LogP contribution < -0.4 is 15.0 Å². The largest absolute Gasteiger partial charge is 0.492 e. The summed E-state index contributed by atoms with van der Waals surface area (Å²) in [6.07, 6.45) is 0. The van der Waals surface area contributed by atoms with E-state index in [1.807, 2.05) is 30.3 Å². The Kier molecular flexibility index (Phi) is 4.41. The van der Waals surface area contributed by atoms with Gasteiger partial charge in [-0.05, 0) is 30.7 Å². The molecule has 1 aliphatic rings. The van der Waals surface area contributed by atoms with Gasteiger partial charge in [0.05, 0.1) is 6.54 Å². The van der Waals surface area contributed by atoms with E-state index >= 15 is 0 Å². The number of rotatable bonds is 4. The van der Waals surface area contributed by atoms with Crippen molar-refractivity contribution in [3.8, 4) is 5.75 Å². The van der Waals surface area contributed by atoms with E-state index in [1.54, 1.807) is 0 Å². The molecule has 0 aliphatic carbocycles. The van der Waals surface area contributed by atoms with E-state index in [4.69, 9.17) is 4.74 Å². The van der Waals surface area contributed by atoms with Crippen molar-refractivity contribution in [1.82, 2.24) is 5.32 Å². The van der Waals surface area contributed by atoms with Crippen molar-refractivity contribution in [3.63, 3.8) is 0 Å². The Balaban J connectivity index is 1.65. The Morgan fingerprint density at radius 1 is 1.14 bits per heavy atom. The summed E-state index contributed by atoms with van der Waals surface area (Å²) >= 11 is 0. The third-order valence-corrected chi connectivity index (χ3v) is 3.82. The average Bonchev–Trinajstić information content (AvgIpc) is 2.70. The van der Waals surface area contributed by atoms with Gasteiger partial charge in [-0.15, -0.1) is 0 Å². The van der Waals surface area contributed by atoms with Gasteiger partial charge in [0.25, 0.3) is 0 Å². The molecule has 0 spiro atoms. The fourth-order valence-corrected chi connectivity index (χ4v) is 2.74. The Morgan fingerprint density at radius 3 is 2.86 bits per heavy atom. The number of para-hydroxylation sites is 1. The van der Waals surface area contributed by atoms with Crippen LogP contribution in [-0.2, 0) is 6.54 Å². The molecule has 0 saturated carbocycles. The highest BCUT2D eigenvalue weighted by atomic mass is 16.5. The third-order valence-electron chi connectivity index (χ3n) is 3.82. The second kappa shape index (κ2) is 6.64. The maximum Gasteiger partial charge on any atom is 0.119 e. The van der Waals surface area contributed by atoms with Crippen LogP contribution in [0.5, 0.6) is 5.75 Å². The first kappa shape index (κ1) is 14.0. The smallest absolute Gasteiger partial charge is 0.119 e. The van der Waals surface area contributed by atoms with Gasteiger partial charge in [0.2, 0.25) is 0 Å². The van der Waals surface area contributed by atoms with E-state index in [0.29, 0.717) is 6.61 Å². The number of hydrogen-bond acceptors (Lipinski definition) is 3. The molecule has 110 valence electrons. The molecule has 2 aromatic carbocycles. The molecule has 21 heavy (non-hydrogen) atoms. The Bertz CT molecular complexity index is 583. The van der Waals surface area contributed by atoms with Gasteiger partial charge in [0, 0.05) is 25.3 Å². The van der Waals surface area contributed by atoms with Crippen LogP contribution >= 0.6 is 0 Å². The molecule has 0 aromatic heterocycles. The molecule has 3 nitrogen and oxygen atoms in total. The number of hydrogen-bond donors (Lipinski definition) is 1. The summed E-state index contributed by atoms with van der Waals surface area (Å²) in [4.78, 5) is 2.41. The van der Waals surface area contributed by atoms with E-state index in [1.165, 1.54) is 16.8 Å². The van der Waals surface area contributed by atoms with Crippen molar-refractivity contribution in [2.75, 3.05) is 31.1 Å². The molecule has 1 N–H and O–H groups in total. The van der Waals surface area contributed by atoms with Crippen LogP contribution in [0.25, 0.3) is 0 Å². The van der Waals surface area contributed by atoms with Crippen LogP contribution in [0.4, 0.5) is 5.69 Å². The Morgan fingerprint density at radius 2 is 2.00 bits per heavy atom. The number of nitrogens with one attached hydrogen (secondary N) is 1. The summed E-state index contributed by atoms with van der Waals surface area (Å²) in [5, 5.41) is 3.49. The normalized spacial score (nSPS) is 14.4. The summed E-state index contributed by atoms with van der Waals surface area (Å²) in [6, 6.07) is 16.7. The van der Waals surface area contributed by atoms with Crippen LogP contribution in [0.2, 0.25) is 0 Å². The minimum absolute atomic E-state index is 0.706. The number of aryl methyl sites for hydroxylation is 1. The topological polar surface area (TPSA) is 24.5 Å². The molecule has 3 rings (SSSR count). The van der Waals surface area contributed by atoms with Crippen molar-refractivity contribution in [3.05, 3.63) is 59.7 Å². The highest BCUT2D eigenvalue weighted by molar-refractivity contribution is 5.55. The lowest BCUT2D eigenvalue weighted by Gasteiger charge is -2.24. The summed E-state index contributed by atoms with van der Waals surface area (Å²) in [5.74, 6) is 0.939. The molecule has 0 saturated heterocycles. The van der Waals surface area contributed by atoms with Crippen molar-refractivity contribution in [2.24, 2.45) is 0 Å². The lowest BCUT2D eigenvalue weighted by atomic mass is 10.1. The van der Waals surface area contributed by atoms with Crippen molar-refractivity contribution >= 4 is 5.69 Å². The molecular weight excluding hydrogens is 260 g/mol. The lowest BCUT2D eigenvalue weighted by Crippen LogP contribution is -2.32. The first-order valence-electron chi connectivity index (χ1n) is 7.56. The highest BCUT2D eigenvalue weighted by Gasteiger charge is 2.14. The number of anilines is 1. The Hall–Kier alpha value is -2.00. The predicted molar refractivity (Wildman–Crippen MR) is 87.0 cm³/mol. The molecule has 1 heterocycles. The predicted octanol–water partition coefficient (Wildman–Crippen LogP) is 2.98. The molecule has 3 heteroatoms. The molecule has 0 radical (unpaired) electrons. The Labute approximate surface area is 126 Å². The van der Waals surface area contributed by atoms with E-state index in [9.17, 15) is 0 Å². The van der Waals surface area contributed by atoms with Gasteiger partial charge in [-0.25, -0.2) is 0 Å². The average molecular weight is 282 g/mol. The lowest BCUT2D eigenvalue weighted by molar-refractivity contribution is 0.324. The van der Waals surface area contributed by atoms with Crippen LogP contribution in [0.15, 0.2) is 48.5 Å². The molecule has 0 atom stereocenters. The molecule has 0 fully saturated rings. The van der Waals surface area contributed by atoms with E-state index < -0.39 is 0 Å². The number of fused-ring (bicyclic) bond motifs is 1. The van der Waals surface area contributed by atoms with Gasteiger partial charge in [-0.1, -0.05) is 35.9 Å². The SMILES string of the molecule is Cc1ccc2c(c1)CNCCN2CCOc1ccccc1. The van der Waals surface area contributed by atoms with E-state index in [-0.39, 0.29) is 0 Å². The van der Waals surface area contributed by atoms with Crippen LogP contribution in [0, 0.1) is 6.92 Å². The fraction of sp³-hybridized carbons (Fsp3) is 0.333. The van der Waals surface area contributed by atoms with Gasteiger partial charge in [-0.3, -0.25) is 0 Å². The van der Waals surface area contributed by atoms with Gasteiger partial charge < -0.3 is 15.0 Å². The number of benzene rings is 2. The van der Waals surface area contributed by atoms with E-state index in [0.717, 1.165) is 31.9 Å². The fourth-order valence-electron chi connectivity index (χ4n) is 2.74. The molecule has 1 aliphatic heterocycles. The zero-order valence-electron chi connectivity index (χ0n) is 12.5. The number of ether oxygens (including phenoxy) is 1. The molecule has 2 aromatic rings. The maximum atomic E-state index is 5.83. The minimum atomic E-state index is 0.706. The van der Waals surface area contributed by atoms with Gasteiger partial charge in [-0.2, -0.15) is 0 Å². The van der Waals surface area contributed by atoms with Crippen molar-refractivity contribution in [1.29, 1.82) is 0 Å². The standard InChI is InChI=1S/C18H22N2O/c1-15-7-8-18-16(13-15)14-19-9-10-20(18)11-12-21-17-5-3-2-4-6-17/h2-8,13,19H,9-12,14H2,1H3. The maximum absolute atomic E-state index is 5.83. The molecule has 0 amide bonds. The van der Waals surface area contributed by atoms with Crippen LogP contribution in [0.3, 0.4) is 0 Å². The molecular formula is C18H22N2O. The third kappa shape index (κ3) is 3.56. The van der Waals surface area contributed by atoms with Gasteiger partial charge in [0.15, 0.2) is 0 Å². The first-order chi connectivity index (χ1) is 10.3. The molecule has 0 unspecified atom stereocenters. The molecule has 0 bridgehead atoms. The van der Waals surface area contributed by atoms with E-state index in [2.05, 4.69) is 35.3 Å². The first-order valence-corrected chi connectivity index (χ1v) is 7.56. The van der Waals surface area contributed by atoms with Crippen LogP contribution in [0.1, 0.15) is 11.1 Å². The van der Waals surface area contributed by atoms with Gasteiger partial charge in [0.1, 0.15) is 12.4 Å². The zero-order valence-corrected chi connectivity index (χ0v) is 12.5. The van der Waals surface area contributed by atoms with Crippen LogP contribution in [-0.4, -0.2) is 26.2 Å². The second-order valence-corrected chi connectivity index (χ2v) is 5.46. The summed E-state index contributed by atoms with van der Waals surface area (Å²) in [7, 11) is 0. The van der Waals surface area contributed by atoms with Gasteiger partial charge >= 0.3 is 0 Å². The number of nitrogens with zero attached hydrogens (tertiary/aromatic N) is 1.